The van der Waals surface area contributed by atoms with Crippen LogP contribution in [-0.2, 0) is 9.53 Å². The average molecular weight is 412 g/mol. The molecule has 2 N–H and O–H groups in total. The van der Waals surface area contributed by atoms with Crippen molar-refractivity contribution in [2.75, 3.05) is 38.9 Å². The maximum atomic E-state index is 12.9. The minimum atomic E-state index is -0.495. The normalized spacial score (nSPS) is 17.2. The number of benzene rings is 1. The Hall–Kier alpha value is -1.87. The molecule has 0 aliphatic carbocycles. The Morgan fingerprint density at radius 2 is 2.11 bits per heavy atom. The summed E-state index contributed by atoms with van der Waals surface area (Å²) in [4.78, 5) is 17.5. The zero-order valence-corrected chi connectivity index (χ0v) is 16.6. The number of hydrogen-bond acceptors (Lipinski definition) is 7. The summed E-state index contributed by atoms with van der Waals surface area (Å²) < 4.78 is 16.1. The van der Waals surface area contributed by atoms with Gasteiger partial charge in [-0.25, -0.2) is 4.98 Å². The second-order valence-electron chi connectivity index (χ2n) is 6.52. The van der Waals surface area contributed by atoms with E-state index in [-0.39, 0.29) is 25.1 Å². The molecular weight excluding hydrogens is 390 g/mol. The molecule has 3 heterocycles. The second kappa shape index (κ2) is 8.43. The summed E-state index contributed by atoms with van der Waals surface area (Å²) in [5.74, 6) is 1.44. The molecule has 0 bridgehead atoms. The number of hydrogen-bond donors (Lipinski definition) is 2. The standard InChI is InChI=1S/C18H21N3O4S.ClH/c1-23-10-18(4-6-19-7-5-18)16(22)21-17-20-13(9-26-17)12-2-3-14-15(8-12)25-11-24-14;/h2-3,8-9,19H,4-7,10-11H2,1H3,(H,20,21,22);1H. The van der Waals surface area contributed by atoms with Crippen LogP contribution in [0.2, 0.25) is 0 Å². The Kier molecular flexibility index (Phi) is 6.21. The lowest BCUT2D eigenvalue weighted by Crippen LogP contribution is -2.47. The molecule has 1 fully saturated rings. The number of nitrogens with one attached hydrogen (secondary N) is 2. The van der Waals surface area contributed by atoms with Crippen LogP contribution in [0.1, 0.15) is 12.8 Å². The highest BCUT2D eigenvalue weighted by molar-refractivity contribution is 7.14. The number of ether oxygens (including phenoxy) is 3. The van der Waals surface area contributed by atoms with Crippen molar-refractivity contribution in [1.82, 2.24) is 10.3 Å². The molecule has 4 rings (SSSR count). The van der Waals surface area contributed by atoms with Crippen molar-refractivity contribution in [2.45, 2.75) is 12.8 Å². The molecule has 2 aliphatic heterocycles. The van der Waals surface area contributed by atoms with Crippen LogP contribution in [0.5, 0.6) is 11.5 Å². The highest BCUT2D eigenvalue weighted by atomic mass is 35.5. The summed E-state index contributed by atoms with van der Waals surface area (Å²) in [5, 5.41) is 8.80. The first-order chi connectivity index (χ1) is 12.7. The number of fused-ring (bicyclic) bond motifs is 1. The fraction of sp³-hybridized carbons (Fsp3) is 0.444. The van der Waals surface area contributed by atoms with Crippen LogP contribution in [0.4, 0.5) is 5.13 Å². The van der Waals surface area contributed by atoms with Crippen LogP contribution in [0.3, 0.4) is 0 Å². The maximum Gasteiger partial charge on any atom is 0.234 e. The number of amides is 1. The van der Waals surface area contributed by atoms with Gasteiger partial charge in [-0.3, -0.25) is 4.79 Å². The highest BCUT2D eigenvalue weighted by Gasteiger charge is 2.40. The Balaban J connectivity index is 0.00000210. The zero-order valence-electron chi connectivity index (χ0n) is 14.9. The molecular formula is C18H22ClN3O4S. The molecule has 0 saturated carbocycles. The van der Waals surface area contributed by atoms with E-state index in [1.807, 2.05) is 23.6 Å². The first-order valence-electron chi connectivity index (χ1n) is 8.57. The van der Waals surface area contributed by atoms with Gasteiger partial charge in [-0.1, -0.05) is 0 Å². The van der Waals surface area contributed by atoms with Crippen molar-refractivity contribution in [3.8, 4) is 22.8 Å². The Labute approximate surface area is 167 Å². The van der Waals surface area contributed by atoms with E-state index >= 15 is 0 Å². The third kappa shape index (κ3) is 4.03. The summed E-state index contributed by atoms with van der Waals surface area (Å²) in [6.07, 6.45) is 1.51. The van der Waals surface area contributed by atoms with Crippen molar-refractivity contribution in [3.05, 3.63) is 23.6 Å². The van der Waals surface area contributed by atoms with Crippen molar-refractivity contribution in [2.24, 2.45) is 5.41 Å². The molecule has 1 amide bonds. The van der Waals surface area contributed by atoms with E-state index in [1.54, 1.807) is 7.11 Å². The first-order valence-corrected chi connectivity index (χ1v) is 9.45. The van der Waals surface area contributed by atoms with Gasteiger partial charge in [0.2, 0.25) is 12.7 Å². The van der Waals surface area contributed by atoms with Gasteiger partial charge in [0.25, 0.3) is 0 Å². The van der Waals surface area contributed by atoms with Gasteiger partial charge in [0, 0.05) is 18.1 Å². The van der Waals surface area contributed by atoms with E-state index in [1.165, 1.54) is 11.3 Å². The minimum absolute atomic E-state index is 0. The molecule has 0 unspecified atom stereocenters. The van der Waals surface area contributed by atoms with Crippen LogP contribution in [0, 0.1) is 5.41 Å². The number of thiazole rings is 1. The molecule has 1 aromatic heterocycles. The lowest BCUT2D eigenvalue weighted by atomic mass is 9.79. The van der Waals surface area contributed by atoms with Gasteiger partial charge in [-0.05, 0) is 44.1 Å². The number of halogens is 1. The zero-order chi connectivity index (χ0) is 18.0. The third-order valence-electron chi connectivity index (χ3n) is 4.86. The number of carbonyl (C=O) groups excluding carboxylic acids is 1. The van der Waals surface area contributed by atoms with E-state index in [9.17, 15) is 4.79 Å². The summed E-state index contributed by atoms with van der Waals surface area (Å²) in [6, 6.07) is 5.72. The molecule has 9 heteroatoms. The van der Waals surface area contributed by atoms with Gasteiger partial charge >= 0.3 is 0 Å². The minimum Gasteiger partial charge on any atom is -0.454 e. The third-order valence-corrected chi connectivity index (χ3v) is 5.61. The maximum absolute atomic E-state index is 12.9. The lowest BCUT2D eigenvalue weighted by Gasteiger charge is -2.35. The van der Waals surface area contributed by atoms with E-state index in [2.05, 4.69) is 15.6 Å². The molecule has 1 saturated heterocycles. The summed E-state index contributed by atoms with van der Waals surface area (Å²) in [6.45, 7) is 2.29. The molecule has 27 heavy (non-hydrogen) atoms. The lowest BCUT2D eigenvalue weighted by molar-refractivity contribution is -0.130. The molecule has 2 aliphatic rings. The topological polar surface area (TPSA) is 81.7 Å². The van der Waals surface area contributed by atoms with Crippen LogP contribution in [0.25, 0.3) is 11.3 Å². The molecule has 0 spiro atoms. The fourth-order valence-electron chi connectivity index (χ4n) is 3.37. The van der Waals surface area contributed by atoms with Crippen LogP contribution >= 0.6 is 23.7 Å². The Morgan fingerprint density at radius 3 is 2.89 bits per heavy atom. The number of nitrogens with zero attached hydrogens (tertiary/aromatic N) is 1. The van der Waals surface area contributed by atoms with E-state index < -0.39 is 5.41 Å². The van der Waals surface area contributed by atoms with Gasteiger partial charge < -0.3 is 24.8 Å². The fourth-order valence-corrected chi connectivity index (χ4v) is 4.08. The first kappa shape index (κ1) is 19.9. The molecule has 1 aromatic carbocycles. The number of rotatable bonds is 5. The SMILES string of the molecule is COCC1(C(=O)Nc2nc(-c3ccc4c(c3)OCO4)cs2)CCNCC1.Cl. The van der Waals surface area contributed by atoms with Gasteiger partial charge in [0.15, 0.2) is 16.6 Å². The second-order valence-corrected chi connectivity index (χ2v) is 7.38. The van der Waals surface area contributed by atoms with Gasteiger partial charge in [-0.15, -0.1) is 23.7 Å². The van der Waals surface area contributed by atoms with E-state index in [4.69, 9.17) is 14.2 Å². The molecule has 0 atom stereocenters. The van der Waals surface area contributed by atoms with Crippen LogP contribution in [0.15, 0.2) is 23.6 Å². The van der Waals surface area contributed by atoms with Crippen LogP contribution in [-0.4, -0.2) is 44.5 Å². The van der Waals surface area contributed by atoms with E-state index in [0.717, 1.165) is 48.7 Å². The molecule has 146 valence electrons. The summed E-state index contributed by atoms with van der Waals surface area (Å²) in [7, 11) is 1.64. The largest absolute Gasteiger partial charge is 0.454 e. The predicted octanol–water partition coefficient (Wildman–Crippen LogP) is 2.92. The van der Waals surface area contributed by atoms with Gasteiger partial charge in [0.05, 0.1) is 17.7 Å². The Morgan fingerprint density at radius 1 is 1.33 bits per heavy atom. The van der Waals surface area contributed by atoms with Crippen molar-refractivity contribution >= 4 is 34.8 Å². The quantitative estimate of drug-likeness (QED) is 0.787. The predicted molar refractivity (Wildman–Crippen MR) is 106 cm³/mol. The number of carbonyl (C=O) groups is 1. The van der Waals surface area contributed by atoms with Crippen molar-refractivity contribution < 1.29 is 19.0 Å². The monoisotopic (exact) mass is 411 g/mol. The molecule has 2 aromatic rings. The van der Waals surface area contributed by atoms with Gasteiger partial charge in [0.1, 0.15) is 0 Å². The molecule has 7 nitrogen and oxygen atoms in total. The van der Waals surface area contributed by atoms with Gasteiger partial charge in [-0.2, -0.15) is 0 Å². The van der Waals surface area contributed by atoms with Crippen molar-refractivity contribution in [3.63, 3.8) is 0 Å². The summed E-state index contributed by atoms with van der Waals surface area (Å²) in [5.41, 5.74) is 1.24. The van der Waals surface area contributed by atoms with E-state index in [0.29, 0.717) is 11.7 Å². The van der Waals surface area contributed by atoms with Crippen LogP contribution < -0.4 is 20.1 Å². The summed E-state index contributed by atoms with van der Waals surface area (Å²) >= 11 is 1.42. The highest BCUT2D eigenvalue weighted by Crippen LogP contribution is 2.37. The number of methoxy groups -OCH3 is 1. The number of piperidine rings is 1. The smallest absolute Gasteiger partial charge is 0.234 e. The Bertz CT molecular complexity index is 802. The number of anilines is 1. The molecule has 0 radical (unpaired) electrons. The average Bonchev–Trinajstić information content (AvgIpc) is 3.31. The number of aromatic nitrogens is 1. The van der Waals surface area contributed by atoms with Crippen molar-refractivity contribution in [1.29, 1.82) is 0 Å².